The van der Waals surface area contributed by atoms with Crippen LogP contribution >= 0.6 is 11.8 Å². The van der Waals surface area contributed by atoms with E-state index in [1.165, 1.54) is 18.7 Å². The van der Waals surface area contributed by atoms with Gasteiger partial charge in [0, 0.05) is 11.1 Å². The third-order valence-corrected chi connectivity index (χ3v) is 4.36. The first-order valence-electron chi connectivity index (χ1n) is 7.30. The highest BCUT2D eigenvalue weighted by Gasteiger charge is 2.21. The highest BCUT2D eigenvalue weighted by Crippen LogP contribution is 2.29. The topological polar surface area (TPSA) is 115 Å². The largest absolute Gasteiger partial charge is 0.272 e. The van der Waals surface area contributed by atoms with Gasteiger partial charge in [0.05, 0.1) is 11.3 Å². The quantitative estimate of drug-likeness (QED) is 0.551. The molecular formula is C17H13N5O2S. The summed E-state index contributed by atoms with van der Waals surface area (Å²) < 4.78 is 0. The third-order valence-electron chi connectivity index (χ3n) is 3.68. The van der Waals surface area contributed by atoms with Crippen molar-refractivity contribution < 1.29 is 0 Å². The average Bonchev–Trinajstić information content (AvgIpc) is 2.65. The molecule has 0 saturated carbocycles. The number of H-pyrrole nitrogens is 2. The summed E-state index contributed by atoms with van der Waals surface area (Å²) in [5, 5.41) is 14.6. The Labute approximate surface area is 146 Å². The van der Waals surface area contributed by atoms with E-state index in [1.807, 2.05) is 30.3 Å². The molecule has 0 radical (unpaired) electrons. The van der Waals surface area contributed by atoms with Crippen molar-refractivity contribution >= 4 is 11.8 Å². The highest BCUT2D eigenvalue weighted by atomic mass is 32.2. The summed E-state index contributed by atoms with van der Waals surface area (Å²) in [6.07, 6.45) is 1.79. The maximum atomic E-state index is 12.3. The Morgan fingerprint density at radius 1 is 1.08 bits per heavy atom. The number of benzene rings is 1. The molecule has 1 aromatic carbocycles. The van der Waals surface area contributed by atoms with Crippen molar-refractivity contribution in [3.63, 3.8) is 0 Å². The van der Waals surface area contributed by atoms with Crippen LogP contribution in [0, 0.1) is 18.3 Å². The molecular weight excluding hydrogens is 338 g/mol. The first kappa shape index (κ1) is 16.7. The maximum absolute atomic E-state index is 12.3. The molecule has 25 heavy (non-hydrogen) atoms. The van der Waals surface area contributed by atoms with Crippen LogP contribution in [0.5, 0.6) is 0 Å². The second kappa shape index (κ2) is 6.75. The monoisotopic (exact) mass is 351 g/mol. The van der Waals surface area contributed by atoms with Crippen LogP contribution in [0.3, 0.4) is 0 Å². The first-order chi connectivity index (χ1) is 12.1. The van der Waals surface area contributed by atoms with Gasteiger partial charge >= 0.3 is 0 Å². The molecule has 7 nitrogen and oxygen atoms in total. The highest BCUT2D eigenvalue weighted by molar-refractivity contribution is 7.98. The number of aromatic amines is 2. The van der Waals surface area contributed by atoms with Gasteiger partial charge in [-0.3, -0.25) is 19.8 Å². The number of rotatable bonds is 3. The lowest BCUT2D eigenvalue weighted by atomic mass is 10.0. The van der Waals surface area contributed by atoms with Gasteiger partial charge in [-0.15, -0.1) is 11.8 Å². The minimum Gasteiger partial charge on any atom is -0.268 e. The summed E-state index contributed by atoms with van der Waals surface area (Å²) in [6, 6.07) is 11.3. The lowest BCUT2D eigenvalue weighted by Gasteiger charge is -2.10. The number of hydrogen-bond acceptors (Lipinski definition) is 6. The summed E-state index contributed by atoms with van der Waals surface area (Å²) >= 11 is 1.28. The van der Waals surface area contributed by atoms with E-state index in [1.54, 1.807) is 6.26 Å². The van der Waals surface area contributed by atoms with Gasteiger partial charge in [-0.2, -0.15) is 5.26 Å². The predicted octanol–water partition coefficient (Wildman–Crippen LogP) is 2.09. The van der Waals surface area contributed by atoms with Crippen LogP contribution in [0.1, 0.15) is 11.1 Å². The molecule has 0 atom stereocenters. The molecule has 3 aromatic rings. The summed E-state index contributed by atoms with van der Waals surface area (Å²) in [5.74, 6) is 0.387. The summed E-state index contributed by atoms with van der Waals surface area (Å²) in [5.41, 5.74) is 0.405. The standard InChI is InChI=1S/C17H13N5O2S/c1-9-12(16(24)22-21-15(9)23)13-11(8-18)17(25-2)20-14(19-13)10-6-4-3-5-7-10/h3-7H,1-2H3,(H,21,23)(H,22,24). The number of nitriles is 1. The van der Waals surface area contributed by atoms with E-state index in [0.717, 1.165) is 5.56 Å². The van der Waals surface area contributed by atoms with Crippen LogP contribution in [-0.2, 0) is 0 Å². The first-order valence-corrected chi connectivity index (χ1v) is 8.52. The van der Waals surface area contributed by atoms with E-state index in [4.69, 9.17) is 0 Å². The molecule has 0 amide bonds. The van der Waals surface area contributed by atoms with E-state index in [-0.39, 0.29) is 22.4 Å². The van der Waals surface area contributed by atoms with Gasteiger partial charge in [0.15, 0.2) is 5.82 Å². The molecule has 0 bridgehead atoms. The molecule has 2 heterocycles. The minimum absolute atomic E-state index is 0.0789. The van der Waals surface area contributed by atoms with E-state index in [2.05, 4.69) is 26.2 Å². The van der Waals surface area contributed by atoms with Crippen LogP contribution < -0.4 is 11.1 Å². The van der Waals surface area contributed by atoms with Gasteiger partial charge in [0.1, 0.15) is 16.7 Å². The summed E-state index contributed by atoms with van der Waals surface area (Å²) in [4.78, 5) is 33.1. The molecule has 8 heteroatoms. The molecule has 0 aliphatic rings. The Bertz CT molecular complexity index is 1100. The molecule has 124 valence electrons. The van der Waals surface area contributed by atoms with Crippen molar-refractivity contribution in [3.05, 3.63) is 62.2 Å². The zero-order valence-electron chi connectivity index (χ0n) is 13.5. The molecule has 0 fully saturated rings. The maximum Gasteiger partial charge on any atom is 0.272 e. The van der Waals surface area contributed by atoms with E-state index < -0.39 is 11.1 Å². The molecule has 0 aliphatic heterocycles. The Morgan fingerprint density at radius 3 is 2.40 bits per heavy atom. The van der Waals surface area contributed by atoms with Gasteiger partial charge < -0.3 is 0 Å². The van der Waals surface area contributed by atoms with Crippen molar-refractivity contribution in [2.75, 3.05) is 6.26 Å². The van der Waals surface area contributed by atoms with Gasteiger partial charge in [-0.05, 0) is 13.2 Å². The molecule has 0 unspecified atom stereocenters. The molecule has 3 rings (SSSR count). The van der Waals surface area contributed by atoms with Crippen molar-refractivity contribution in [2.24, 2.45) is 0 Å². The Hall–Kier alpha value is -3.18. The van der Waals surface area contributed by atoms with Crippen molar-refractivity contribution in [3.8, 4) is 28.7 Å². The Balaban J connectivity index is 2.41. The number of hydrogen-bond donors (Lipinski definition) is 2. The smallest absolute Gasteiger partial charge is 0.268 e. The van der Waals surface area contributed by atoms with Gasteiger partial charge in [0.25, 0.3) is 11.1 Å². The van der Waals surface area contributed by atoms with E-state index >= 15 is 0 Å². The van der Waals surface area contributed by atoms with Crippen molar-refractivity contribution in [1.29, 1.82) is 5.26 Å². The predicted molar refractivity (Wildman–Crippen MR) is 95.4 cm³/mol. The van der Waals surface area contributed by atoms with Crippen LogP contribution in [0.4, 0.5) is 0 Å². The molecule has 2 N–H and O–H groups in total. The number of nitrogens with one attached hydrogen (secondary N) is 2. The van der Waals surface area contributed by atoms with Gasteiger partial charge in [-0.1, -0.05) is 30.3 Å². The Kier molecular flexibility index (Phi) is 4.50. The van der Waals surface area contributed by atoms with Crippen LogP contribution in [0.15, 0.2) is 44.9 Å². The average molecular weight is 351 g/mol. The SMILES string of the molecule is CSc1nc(-c2ccccc2)nc(-c2c(C)c(=O)[nH][nH]c2=O)c1C#N. The zero-order chi connectivity index (χ0) is 18.0. The minimum atomic E-state index is -0.515. The normalized spacial score (nSPS) is 10.4. The number of thioether (sulfide) groups is 1. The molecule has 0 aliphatic carbocycles. The Morgan fingerprint density at radius 2 is 1.76 bits per heavy atom. The fourth-order valence-electron chi connectivity index (χ4n) is 2.42. The van der Waals surface area contributed by atoms with Crippen molar-refractivity contribution in [1.82, 2.24) is 20.2 Å². The van der Waals surface area contributed by atoms with Gasteiger partial charge in [-0.25, -0.2) is 9.97 Å². The second-order valence-electron chi connectivity index (χ2n) is 5.17. The lowest BCUT2D eigenvalue weighted by Crippen LogP contribution is -2.24. The fourth-order valence-corrected chi connectivity index (χ4v) is 2.95. The van der Waals surface area contributed by atoms with E-state index in [0.29, 0.717) is 10.9 Å². The number of aromatic nitrogens is 4. The second-order valence-corrected chi connectivity index (χ2v) is 5.96. The van der Waals surface area contributed by atoms with Crippen LogP contribution in [0.25, 0.3) is 22.6 Å². The zero-order valence-corrected chi connectivity index (χ0v) is 14.3. The summed E-state index contributed by atoms with van der Waals surface area (Å²) in [6.45, 7) is 1.52. The molecule has 0 spiro atoms. The van der Waals surface area contributed by atoms with Crippen LogP contribution in [-0.4, -0.2) is 26.4 Å². The van der Waals surface area contributed by atoms with E-state index in [9.17, 15) is 14.9 Å². The molecule has 0 saturated heterocycles. The summed E-state index contributed by atoms with van der Waals surface area (Å²) in [7, 11) is 0. The third kappa shape index (κ3) is 2.97. The fraction of sp³-hybridized carbons (Fsp3) is 0.118. The van der Waals surface area contributed by atoms with Crippen molar-refractivity contribution in [2.45, 2.75) is 11.9 Å². The lowest BCUT2D eigenvalue weighted by molar-refractivity contribution is 0.931. The van der Waals surface area contributed by atoms with Gasteiger partial charge in [0.2, 0.25) is 0 Å². The van der Waals surface area contributed by atoms with Crippen LogP contribution in [0.2, 0.25) is 0 Å². The molecule has 2 aromatic heterocycles. The number of nitrogens with zero attached hydrogens (tertiary/aromatic N) is 3.